The van der Waals surface area contributed by atoms with Crippen LogP contribution in [-0.2, 0) is 24.9 Å². The molecule has 2 aromatic heterocycles. The first-order valence-corrected chi connectivity index (χ1v) is 11.5. The zero-order valence-corrected chi connectivity index (χ0v) is 19.1. The Kier molecular flexibility index (Phi) is 5.72. The smallest absolute Gasteiger partial charge is 0.291 e. The molecule has 4 aromatic rings. The molecule has 7 nitrogen and oxygen atoms in total. The van der Waals surface area contributed by atoms with E-state index < -0.39 is 0 Å². The molecule has 1 atom stereocenters. The summed E-state index contributed by atoms with van der Waals surface area (Å²) in [6.45, 7) is 5.85. The molecule has 1 fully saturated rings. The van der Waals surface area contributed by atoms with Gasteiger partial charge in [0.2, 0.25) is 5.91 Å². The molecule has 1 N–H and O–H groups in total. The maximum absolute atomic E-state index is 12.9. The molecule has 170 valence electrons. The molecule has 1 unspecified atom stereocenters. The minimum absolute atomic E-state index is 0.0755. The van der Waals surface area contributed by atoms with Gasteiger partial charge in [-0.3, -0.25) is 14.5 Å². The summed E-state index contributed by atoms with van der Waals surface area (Å²) in [5, 5.41) is 8.99. The molecule has 0 aliphatic carbocycles. The normalized spacial score (nSPS) is 16.6. The Labute approximate surface area is 192 Å². The molecule has 7 heteroatoms. The van der Waals surface area contributed by atoms with E-state index in [4.69, 9.17) is 0 Å². The molecular formula is C26H29N5O2. The van der Waals surface area contributed by atoms with Gasteiger partial charge in [-0.2, -0.15) is 5.10 Å². The lowest BCUT2D eigenvalue weighted by molar-refractivity contribution is -0.121. The van der Waals surface area contributed by atoms with Crippen LogP contribution in [0.2, 0.25) is 0 Å². The summed E-state index contributed by atoms with van der Waals surface area (Å²) in [4.78, 5) is 28.1. The largest absolute Gasteiger partial charge is 0.354 e. The fourth-order valence-electron chi connectivity index (χ4n) is 4.84. The summed E-state index contributed by atoms with van der Waals surface area (Å²) in [6, 6.07) is 16.5. The number of rotatable bonds is 6. The highest BCUT2D eigenvalue weighted by molar-refractivity contribution is 6.07. The van der Waals surface area contributed by atoms with Crippen LogP contribution in [0.1, 0.15) is 17.5 Å². The van der Waals surface area contributed by atoms with Gasteiger partial charge in [-0.05, 0) is 37.4 Å². The van der Waals surface area contributed by atoms with E-state index in [-0.39, 0.29) is 18.0 Å². The summed E-state index contributed by atoms with van der Waals surface area (Å²) in [6.07, 6.45) is 2.78. The predicted octanol–water partition coefficient (Wildman–Crippen LogP) is 2.83. The lowest BCUT2D eigenvalue weighted by atomic mass is 10.1. The first kappa shape index (κ1) is 21.4. The van der Waals surface area contributed by atoms with Crippen molar-refractivity contribution in [3.63, 3.8) is 0 Å². The first-order chi connectivity index (χ1) is 16.0. The predicted molar refractivity (Wildman–Crippen MR) is 130 cm³/mol. The third kappa shape index (κ3) is 4.28. The highest BCUT2D eigenvalue weighted by atomic mass is 16.2. The Morgan fingerprint density at radius 1 is 1.12 bits per heavy atom. The Hall–Kier alpha value is -3.45. The zero-order chi connectivity index (χ0) is 22.9. The van der Waals surface area contributed by atoms with Crippen molar-refractivity contribution >= 4 is 27.7 Å². The average molecular weight is 444 g/mol. The molecule has 3 heterocycles. The van der Waals surface area contributed by atoms with Gasteiger partial charge in [0.15, 0.2) is 0 Å². The fraction of sp³-hybridized carbons (Fsp3) is 0.346. The minimum atomic E-state index is -0.195. The Morgan fingerprint density at radius 3 is 2.73 bits per heavy atom. The average Bonchev–Trinajstić information content (AvgIpc) is 3.39. The van der Waals surface area contributed by atoms with Crippen LogP contribution in [0, 0.1) is 12.8 Å². The van der Waals surface area contributed by atoms with Crippen LogP contribution in [0.25, 0.3) is 21.8 Å². The molecule has 1 amide bonds. The molecule has 33 heavy (non-hydrogen) atoms. The molecule has 2 aromatic carbocycles. The monoisotopic (exact) mass is 443 g/mol. The van der Waals surface area contributed by atoms with Gasteiger partial charge in [0.25, 0.3) is 5.56 Å². The maximum atomic E-state index is 12.9. The molecule has 0 bridgehead atoms. The summed E-state index contributed by atoms with van der Waals surface area (Å²) in [5.74, 6) is 0.364. The molecule has 0 spiro atoms. The summed E-state index contributed by atoms with van der Waals surface area (Å²) in [7, 11) is 1.63. The van der Waals surface area contributed by atoms with Crippen LogP contribution in [0.5, 0.6) is 0 Å². The van der Waals surface area contributed by atoms with E-state index in [2.05, 4.69) is 46.5 Å². The summed E-state index contributed by atoms with van der Waals surface area (Å²) < 4.78 is 3.14. The number of fused-ring (bicyclic) bond motifs is 3. The third-order valence-electron chi connectivity index (χ3n) is 6.65. The molecule has 1 aliphatic rings. The standard InChI is InChI=1S/C26H29N5O2/c1-18-7-9-19(10-8-18)15-30-12-11-20(16-30)13-27-24(32)17-31-23-6-4-3-5-21(23)22-14-28-29(2)26(33)25(22)31/h3-10,14,20H,11-13,15-17H2,1-2H3,(H,27,32). The second kappa shape index (κ2) is 8.83. The molecule has 5 rings (SSSR count). The number of hydrogen-bond donors (Lipinski definition) is 1. The van der Waals surface area contributed by atoms with Crippen molar-refractivity contribution in [2.24, 2.45) is 13.0 Å². The number of carbonyl (C=O) groups excluding carboxylic acids is 1. The summed E-state index contributed by atoms with van der Waals surface area (Å²) >= 11 is 0. The zero-order valence-electron chi connectivity index (χ0n) is 19.1. The van der Waals surface area contributed by atoms with Gasteiger partial charge in [-0.25, -0.2) is 4.68 Å². The Balaban J connectivity index is 1.25. The number of aryl methyl sites for hydroxylation is 2. The lowest BCUT2D eigenvalue weighted by Gasteiger charge is -2.17. The fourth-order valence-corrected chi connectivity index (χ4v) is 4.84. The summed E-state index contributed by atoms with van der Waals surface area (Å²) in [5.41, 5.74) is 3.80. The van der Waals surface area contributed by atoms with Gasteiger partial charge in [0.1, 0.15) is 12.1 Å². The Morgan fingerprint density at radius 2 is 1.91 bits per heavy atom. The quantitative estimate of drug-likeness (QED) is 0.497. The molecule has 0 saturated carbocycles. The number of amides is 1. The maximum Gasteiger partial charge on any atom is 0.291 e. The number of nitrogens with one attached hydrogen (secondary N) is 1. The van der Waals surface area contributed by atoms with Crippen LogP contribution < -0.4 is 10.9 Å². The van der Waals surface area contributed by atoms with E-state index in [0.29, 0.717) is 18.0 Å². The van der Waals surface area contributed by atoms with Crippen molar-refractivity contribution in [2.45, 2.75) is 26.4 Å². The van der Waals surface area contributed by atoms with Gasteiger partial charge in [0.05, 0.1) is 6.20 Å². The van der Waals surface area contributed by atoms with E-state index in [1.807, 2.05) is 28.8 Å². The van der Waals surface area contributed by atoms with E-state index in [9.17, 15) is 9.59 Å². The van der Waals surface area contributed by atoms with Crippen LogP contribution in [-0.4, -0.2) is 44.8 Å². The number of hydrogen-bond acceptors (Lipinski definition) is 4. The molecular weight excluding hydrogens is 414 g/mol. The highest BCUT2D eigenvalue weighted by Crippen LogP contribution is 2.26. The lowest BCUT2D eigenvalue weighted by Crippen LogP contribution is -2.33. The number of para-hydroxylation sites is 1. The third-order valence-corrected chi connectivity index (χ3v) is 6.65. The number of benzene rings is 2. The first-order valence-electron chi connectivity index (χ1n) is 11.5. The molecule has 1 aliphatic heterocycles. The van der Waals surface area contributed by atoms with Crippen molar-refractivity contribution in [3.8, 4) is 0 Å². The van der Waals surface area contributed by atoms with Crippen LogP contribution >= 0.6 is 0 Å². The van der Waals surface area contributed by atoms with Crippen molar-refractivity contribution in [1.82, 2.24) is 24.6 Å². The van der Waals surface area contributed by atoms with Gasteiger partial charge >= 0.3 is 0 Å². The van der Waals surface area contributed by atoms with Gasteiger partial charge < -0.3 is 9.88 Å². The number of aromatic nitrogens is 3. The molecule has 0 radical (unpaired) electrons. The number of nitrogens with zero attached hydrogens (tertiary/aromatic N) is 4. The van der Waals surface area contributed by atoms with E-state index in [0.717, 1.165) is 42.3 Å². The topological polar surface area (TPSA) is 72.2 Å². The Bertz CT molecular complexity index is 1370. The number of carbonyl (C=O) groups is 1. The van der Waals surface area contributed by atoms with Gasteiger partial charge in [0, 0.05) is 43.0 Å². The van der Waals surface area contributed by atoms with E-state index >= 15 is 0 Å². The second-order valence-electron chi connectivity index (χ2n) is 9.12. The second-order valence-corrected chi connectivity index (χ2v) is 9.12. The van der Waals surface area contributed by atoms with E-state index in [1.54, 1.807) is 13.2 Å². The molecule has 1 saturated heterocycles. The van der Waals surface area contributed by atoms with Crippen LogP contribution in [0.3, 0.4) is 0 Å². The van der Waals surface area contributed by atoms with Crippen LogP contribution in [0.4, 0.5) is 0 Å². The SMILES string of the molecule is Cc1ccc(CN2CCC(CNC(=O)Cn3c4ccccc4c4cnn(C)c(=O)c43)C2)cc1. The van der Waals surface area contributed by atoms with Crippen molar-refractivity contribution in [3.05, 3.63) is 76.2 Å². The number of likely N-dealkylation sites (tertiary alicyclic amines) is 1. The van der Waals surface area contributed by atoms with Crippen molar-refractivity contribution in [1.29, 1.82) is 0 Å². The van der Waals surface area contributed by atoms with Gasteiger partial charge in [-0.15, -0.1) is 0 Å². The van der Waals surface area contributed by atoms with Gasteiger partial charge in [-0.1, -0.05) is 48.0 Å². The highest BCUT2D eigenvalue weighted by Gasteiger charge is 2.23. The van der Waals surface area contributed by atoms with Crippen molar-refractivity contribution < 1.29 is 4.79 Å². The van der Waals surface area contributed by atoms with Crippen LogP contribution in [0.15, 0.2) is 59.5 Å². The van der Waals surface area contributed by atoms with E-state index in [1.165, 1.54) is 15.8 Å². The van der Waals surface area contributed by atoms with Crippen molar-refractivity contribution in [2.75, 3.05) is 19.6 Å². The minimum Gasteiger partial charge on any atom is -0.354 e.